The fourth-order valence-corrected chi connectivity index (χ4v) is 2.71. The molecular weight excluding hydrogens is 342 g/mol. The highest BCUT2D eigenvalue weighted by atomic mass is 35.5. The number of amides is 1. The van der Waals surface area contributed by atoms with Crippen LogP contribution in [0.4, 0.5) is 4.79 Å². The van der Waals surface area contributed by atoms with Gasteiger partial charge in [-0.15, -0.1) is 17.8 Å². The smallest absolute Gasteiger partial charge is 0.315 e. The molecule has 0 saturated heterocycles. The first-order valence-electron chi connectivity index (χ1n) is 7.76. The van der Waals surface area contributed by atoms with Crippen LogP contribution in [0.1, 0.15) is 25.3 Å². The zero-order valence-electron chi connectivity index (χ0n) is 14.2. The van der Waals surface area contributed by atoms with E-state index in [4.69, 9.17) is 11.6 Å². The van der Waals surface area contributed by atoms with Gasteiger partial charge in [0.15, 0.2) is 0 Å². The van der Waals surface area contributed by atoms with Crippen molar-refractivity contribution >= 4 is 17.6 Å². The first-order chi connectivity index (χ1) is 11.9. The van der Waals surface area contributed by atoms with E-state index in [1.165, 1.54) is 4.90 Å². The summed E-state index contributed by atoms with van der Waals surface area (Å²) >= 11 is 6.26. The fourth-order valence-electron chi connectivity index (χ4n) is 2.32. The van der Waals surface area contributed by atoms with E-state index in [-0.39, 0.29) is 19.0 Å². The van der Waals surface area contributed by atoms with E-state index in [2.05, 4.69) is 23.6 Å². The second-order valence-electron chi connectivity index (χ2n) is 5.71. The number of aromatic nitrogens is 4. The Kier molecular flexibility index (Phi) is 5.93. The van der Waals surface area contributed by atoms with Gasteiger partial charge < -0.3 is 4.90 Å². The number of benzene rings is 1. The molecule has 0 aliphatic carbocycles. The van der Waals surface area contributed by atoms with Crippen molar-refractivity contribution in [2.24, 2.45) is 0 Å². The van der Waals surface area contributed by atoms with Gasteiger partial charge in [0.2, 0.25) is 0 Å². The Morgan fingerprint density at radius 1 is 1.28 bits per heavy atom. The van der Waals surface area contributed by atoms with E-state index in [1.807, 2.05) is 19.9 Å². The van der Waals surface area contributed by atoms with Crippen LogP contribution < -0.4 is 5.69 Å². The van der Waals surface area contributed by atoms with Crippen molar-refractivity contribution in [3.05, 3.63) is 64.6 Å². The topological polar surface area (TPSA) is 73.0 Å². The summed E-state index contributed by atoms with van der Waals surface area (Å²) < 4.78 is 1.74. The molecule has 2 aromatic rings. The molecular formula is C17H20ClN5O2. The Labute approximate surface area is 150 Å². The lowest BCUT2D eigenvalue weighted by Crippen LogP contribution is -2.41. The van der Waals surface area contributed by atoms with Gasteiger partial charge in [-0.2, -0.15) is 4.68 Å². The van der Waals surface area contributed by atoms with Crippen molar-refractivity contribution in [3.63, 3.8) is 0 Å². The molecule has 0 aliphatic rings. The van der Waals surface area contributed by atoms with E-state index < -0.39 is 11.7 Å². The molecule has 7 nitrogen and oxygen atoms in total. The second-order valence-corrected chi connectivity index (χ2v) is 6.12. The Morgan fingerprint density at radius 3 is 2.44 bits per heavy atom. The predicted molar refractivity (Wildman–Crippen MR) is 97.5 cm³/mol. The van der Waals surface area contributed by atoms with Crippen molar-refractivity contribution in [2.45, 2.75) is 19.8 Å². The van der Waals surface area contributed by atoms with Gasteiger partial charge in [-0.3, -0.25) is 0 Å². The van der Waals surface area contributed by atoms with Crippen LogP contribution in [0.15, 0.2) is 48.3 Å². The van der Waals surface area contributed by atoms with E-state index in [0.29, 0.717) is 15.4 Å². The maximum Gasteiger partial charge on any atom is 0.377 e. The van der Waals surface area contributed by atoms with Crippen LogP contribution in [0, 0.1) is 0 Å². The van der Waals surface area contributed by atoms with E-state index in [1.54, 1.807) is 24.3 Å². The Hall–Kier alpha value is -2.67. The highest BCUT2D eigenvalue weighted by Crippen LogP contribution is 2.25. The number of hydrogen-bond donors (Lipinski definition) is 0. The first-order valence-corrected chi connectivity index (χ1v) is 8.14. The summed E-state index contributed by atoms with van der Waals surface area (Å²) in [5.74, 6) is 0.252. The summed E-state index contributed by atoms with van der Waals surface area (Å²) in [5, 5.41) is 7.99. The quantitative estimate of drug-likeness (QED) is 0.585. The summed E-state index contributed by atoms with van der Waals surface area (Å²) in [6.45, 7) is 11.8. The van der Waals surface area contributed by atoms with Gasteiger partial charge in [0.25, 0.3) is 0 Å². The molecule has 2 rings (SSSR count). The Bertz CT molecular complexity index is 843. The van der Waals surface area contributed by atoms with Crippen LogP contribution in [-0.2, 0) is 0 Å². The number of nitrogens with zero attached hydrogens (tertiary/aromatic N) is 5. The molecule has 0 N–H and O–H groups in total. The highest BCUT2D eigenvalue weighted by molar-refractivity contribution is 6.31. The Morgan fingerprint density at radius 2 is 1.92 bits per heavy atom. The number of rotatable bonds is 6. The third-order valence-corrected chi connectivity index (χ3v) is 3.91. The standard InChI is InChI=1S/C17H20ClN5O2/c1-5-9-21(10-6-2)16(24)23-17(25)22(19-20-23)13-7-8-14(12(3)4)15(18)11-13/h5-8,11-12H,1-2,9-10H2,3-4H3. The molecule has 8 heteroatoms. The van der Waals surface area contributed by atoms with Crippen LogP contribution in [0.25, 0.3) is 5.69 Å². The van der Waals surface area contributed by atoms with Gasteiger partial charge in [0, 0.05) is 18.1 Å². The molecule has 0 unspecified atom stereocenters. The number of carbonyl (C=O) groups is 1. The van der Waals surface area contributed by atoms with Gasteiger partial charge in [-0.1, -0.05) is 43.7 Å². The molecule has 0 aliphatic heterocycles. The number of halogens is 1. The molecule has 0 atom stereocenters. The Balaban J connectivity index is 2.40. The summed E-state index contributed by atoms with van der Waals surface area (Å²) in [6.07, 6.45) is 3.11. The number of carbonyl (C=O) groups excluding carboxylic acids is 1. The van der Waals surface area contributed by atoms with Crippen LogP contribution in [0.3, 0.4) is 0 Å². The van der Waals surface area contributed by atoms with Gasteiger partial charge in [0.1, 0.15) is 0 Å². The monoisotopic (exact) mass is 361 g/mol. The molecule has 1 heterocycles. The summed E-state index contributed by atoms with van der Waals surface area (Å²) in [4.78, 5) is 26.3. The van der Waals surface area contributed by atoms with E-state index >= 15 is 0 Å². The lowest BCUT2D eigenvalue weighted by molar-refractivity contribution is 0.205. The molecule has 0 saturated carbocycles. The molecule has 1 aromatic heterocycles. The van der Waals surface area contributed by atoms with Crippen molar-refractivity contribution in [3.8, 4) is 5.69 Å². The first kappa shape index (κ1) is 18.7. The molecule has 1 amide bonds. The predicted octanol–water partition coefficient (Wildman–Crippen LogP) is 2.85. The highest BCUT2D eigenvalue weighted by Gasteiger charge is 2.20. The number of tetrazole rings is 1. The maximum absolute atomic E-state index is 12.5. The van der Waals surface area contributed by atoms with Crippen molar-refractivity contribution in [1.82, 2.24) is 24.7 Å². The van der Waals surface area contributed by atoms with Gasteiger partial charge >= 0.3 is 11.7 Å². The van der Waals surface area contributed by atoms with Crippen LogP contribution in [-0.4, -0.2) is 43.8 Å². The lowest BCUT2D eigenvalue weighted by atomic mass is 10.0. The lowest BCUT2D eigenvalue weighted by Gasteiger charge is -2.17. The average molecular weight is 362 g/mol. The average Bonchev–Trinajstić information content (AvgIpc) is 2.95. The van der Waals surface area contributed by atoms with Crippen LogP contribution >= 0.6 is 11.6 Å². The molecule has 0 fully saturated rings. The fraction of sp³-hybridized carbons (Fsp3) is 0.294. The summed E-state index contributed by atoms with van der Waals surface area (Å²) in [5.41, 5.74) is 0.735. The minimum absolute atomic E-state index is 0.252. The molecule has 0 radical (unpaired) electrons. The van der Waals surface area contributed by atoms with Crippen molar-refractivity contribution in [2.75, 3.05) is 13.1 Å². The SMILES string of the molecule is C=CCN(CC=C)C(=O)n1nnn(-c2ccc(C(C)C)c(Cl)c2)c1=O. The third kappa shape index (κ3) is 3.88. The van der Waals surface area contributed by atoms with E-state index in [0.717, 1.165) is 10.2 Å². The minimum atomic E-state index is -0.670. The van der Waals surface area contributed by atoms with Gasteiger partial charge in [-0.25, -0.2) is 9.59 Å². The van der Waals surface area contributed by atoms with Crippen LogP contribution in [0.2, 0.25) is 5.02 Å². The van der Waals surface area contributed by atoms with Crippen LogP contribution in [0.5, 0.6) is 0 Å². The second kappa shape index (κ2) is 7.94. The third-order valence-electron chi connectivity index (χ3n) is 3.58. The largest absolute Gasteiger partial charge is 0.377 e. The van der Waals surface area contributed by atoms with Gasteiger partial charge in [0.05, 0.1) is 5.69 Å². The molecule has 132 valence electrons. The number of hydrogen-bond acceptors (Lipinski definition) is 4. The molecule has 1 aromatic carbocycles. The van der Waals surface area contributed by atoms with Crippen molar-refractivity contribution in [1.29, 1.82) is 0 Å². The summed E-state index contributed by atoms with van der Waals surface area (Å²) in [6, 6.07) is 4.59. The van der Waals surface area contributed by atoms with Gasteiger partial charge in [-0.05, 0) is 34.0 Å². The minimum Gasteiger partial charge on any atom is -0.315 e. The molecule has 0 bridgehead atoms. The summed E-state index contributed by atoms with van der Waals surface area (Å²) in [7, 11) is 0. The normalized spacial score (nSPS) is 10.7. The zero-order valence-corrected chi connectivity index (χ0v) is 15.0. The maximum atomic E-state index is 12.5. The van der Waals surface area contributed by atoms with Crippen molar-refractivity contribution < 1.29 is 4.79 Å². The molecule has 25 heavy (non-hydrogen) atoms. The molecule has 0 spiro atoms. The van der Waals surface area contributed by atoms with E-state index in [9.17, 15) is 9.59 Å². The zero-order chi connectivity index (χ0) is 18.6.